The molecule has 1 amide bonds. The molecule has 0 radical (unpaired) electrons. The minimum Gasteiger partial charge on any atom is -0.744 e. The van der Waals surface area contributed by atoms with Crippen molar-refractivity contribution in [2.24, 2.45) is 5.11 Å². The Bertz CT molecular complexity index is 2410. The van der Waals surface area contributed by atoms with E-state index < -0.39 is 57.6 Å². The number of rotatable bonds is 16. The van der Waals surface area contributed by atoms with Gasteiger partial charge in [-0.2, -0.15) is 0 Å². The topological polar surface area (TPSA) is 301 Å². The van der Waals surface area contributed by atoms with E-state index in [4.69, 9.17) is 10.3 Å². The maximum atomic E-state index is 12.6. The van der Waals surface area contributed by atoms with E-state index in [1.54, 1.807) is 10.9 Å². The summed E-state index contributed by atoms with van der Waals surface area (Å²) in [6, 6.07) is 5.83. The average molecular weight is 803 g/mol. The van der Waals surface area contributed by atoms with Gasteiger partial charge in [0.2, 0.25) is 0 Å². The molecule has 0 unspecified atom stereocenters. The zero-order chi connectivity index (χ0) is 35.6. The van der Waals surface area contributed by atoms with E-state index in [0.717, 1.165) is 24.3 Å². The SMILES string of the molecule is [N-]=[N+]=NCCCNCc1cn(CCCNC(=O)COc2cc(S(=O)(=O)[O-])c3ccc4c(S(=O)(=O)[O-])cc(S(=O)(=O)[O-])c5ccc2c3c54)nn1.[Na+].[Na+].[Na+]. The fraction of sp³-hybridized carbons (Fsp3) is 0.296. The van der Waals surface area contributed by atoms with E-state index in [2.05, 4.69) is 31.0 Å². The Kier molecular flexibility index (Phi) is 17.2. The maximum absolute atomic E-state index is 12.6. The Morgan fingerprint density at radius 2 is 1.37 bits per heavy atom. The van der Waals surface area contributed by atoms with Crippen LogP contribution < -0.4 is 104 Å². The van der Waals surface area contributed by atoms with Crippen LogP contribution in [0, 0.1) is 0 Å². The van der Waals surface area contributed by atoms with Crippen LogP contribution in [0.4, 0.5) is 0 Å². The molecule has 4 aromatic carbocycles. The molecule has 52 heavy (non-hydrogen) atoms. The predicted molar refractivity (Wildman–Crippen MR) is 168 cm³/mol. The molecule has 1 heterocycles. The van der Waals surface area contributed by atoms with Gasteiger partial charge in [-0.15, -0.1) is 5.10 Å². The number of aromatic nitrogens is 3. The van der Waals surface area contributed by atoms with Gasteiger partial charge in [0.1, 0.15) is 36.1 Å². The summed E-state index contributed by atoms with van der Waals surface area (Å²) in [5, 5.41) is 16.0. The van der Waals surface area contributed by atoms with Gasteiger partial charge in [-0.1, -0.05) is 28.5 Å². The van der Waals surface area contributed by atoms with Crippen molar-refractivity contribution in [3.63, 3.8) is 0 Å². The number of azide groups is 1. The van der Waals surface area contributed by atoms with E-state index in [1.807, 2.05) is 0 Å². The zero-order valence-corrected chi connectivity index (χ0v) is 36.5. The molecule has 0 saturated carbocycles. The summed E-state index contributed by atoms with van der Waals surface area (Å²) in [5.74, 6) is -0.921. The molecule has 5 aromatic rings. The molecule has 260 valence electrons. The second-order valence-electron chi connectivity index (χ2n) is 10.6. The number of hydrogen-bond donors (Lipinski definition) is 2. The summed E-state index contributed by atoms with van der Waals surface area (Å²) >= 11 is 0. The van der Waals surface area contributed by atoms with E-state index in [1.165, 1.54) is 6.07 Å². The summed E-state index contributed by atoms with van der Waals surface area (Å²) in [5.41, 5.74) is 8.96. The Labute approximate surface area is 363 Å². The zero-order valence-electron chi connectivity index (χ0n) is 28.1. The number of benzene rings is 4. The van der Waals surface area contributed by atoms with Gasteiger partial charge in [-0.25, -0.2) is 25.3 Å². The Morgan fingerprint density at radius 1 is 0.827 bits per heavy atom. The number of hydrogen-bond acceptors (Lipinski definition) is 15. The van der Waals surface area contributed by atoms with Gasteiger partial charge >= 0.3 is 88.7 Å². The number of nitrogens with one attached hydrogen (secondary N) is 2. The molecule has 0 spiro atoms. The van der Waals surface area contributed by atoms with Crippen LogP contribution >= 0.6 is 0 Å². The molecule has 0 atom stereocenters. The summed E-state index contributed by atoms with van der Waals surface area (Å²) in [6.45, 7) is 1.41. The number of aryl methyl sites for hydroxylation is 1. The fourth-order valence-electron chi connectivity index (χ4n) is 5.33. The van der Waals surface area contributed by atoms with E-state index in [9.17, 15) is 43.7 Å². The quantitative estimate of drug-likeness (QED) is 0.0178. The van der Waals surface area contributed by atoms with Crippen molar-refractivity contribution in [3.8, 4) is 5.75 Å². The van der Waals surface area contributed by atoms with Crippen molar-refractivity contribution in [2.75, 3.05) is 26.2 Å². The van der Waals surface area contributed by atoms with Crippen LogP contribution in [0.5, 0.6) is 5.75 Å². The van der Waals surface area contributed by atoms with Crippen LogP contribution in [0.15, 0.2) is 62.4 Å². The van der Waals surface area contributed by atoms with Gasteiger partial charge < -0.3 is 29.0 Å². The third-order valence-electron chi connectivity index (χ3n) is 7.37. The molecule has 0 saturated heterocycles. The standard InChI is InChI=1S/C27H28N8O11S3.3Na/c28-33-31-9-1-7-29-13-16-14-35(34-32-16)10-2-8-30-25(36)15-46-21-11-22(47(37,38)39)18-5-6-20-24(49(43,44)45)12-23(48(40,41)42)19-4-3-17(21)26(18)27(19)20;;;/h3-6,11-12,14,29H,1-2,7-10,13,15H2,(H,30,36)(H,37,38,39)(H,40,41,42)(H,43,44,45);;;/q;3*+1/p-3. The van der Waals surface area contributed by atoms with Crippen LogP contribution in [0.1, 0.15) is 18.5 Å². The van der Waals surface area contributed by atoms with E-state index in [-0.39, 0.29) is 133 Å². The normalized spacial score (nSPS) is 11.8. The van der Waals surface area contributed by atoms with Gasteiger partial charge in [-0.05, 0) is 43.1 Å². The minimum absolute atomic E-state index is 0. The number of amides is 1. The molecule has 25 heteroatoms. The molecular formula is C27H25N8Na3O11S3. The molecule has 2 N–H and O–H groups in total. The molecule has 5 rings (SSSR count). The summed E-state index contributed by atoms with van der Waals surface area (Å²) in [6.07, 6.45) is 2.84. The van der Waals surface area contributed by atoms with Gasteiger partial charge in [0.15, 0.2) is 6.61 Å². The first-order valence-electron chi connectivity index (χ1n) is 14.3. The van der Waals surface area contributed by atoms with E-state index >= 15 is 0 Å². The maximum Gasteiger partial charge on any atom is 1.00 e. The first-order chi connectivity index (χ1) is 23.1. The van der Waals surface area contributed by atoms with Crippen LogP contribution in [0.25, 0.3) is 42.8 Å². The number of carbonyl (C=O) groups excluding carboxylic acids is 1. The summed E-state index contributed by atoms with van der Waals surface area (Å²) in [4.78, 5) is 12.4. The molecule has 0 aliphatic carbocycles. The molecular weight excluding hydrogens is 778 g/mol. The van der Waals surface area contributed by atoms with Crippen LogP contribution in [-0.4, -0.2) is 86.1 Å². The first-order valence-corrected chi connectivity index (χ1v) is 18.5. The summed E-state index contributed by atoms with van der Waals surface area (Å²) < 4.78 is 117. The summed E-state index contributed by atoms with van der Waals surface area (Å²) in [7, 11) is -16.0. The molecule has 0 aliphatic heterocycles. The smallest absolute Gasteiger partial charge is 0.744 e. The van der Waals surface area contributed by atoms with Gasteiger partial charge in [0.25, 0.3) is 5.91 Å². The largest absolute Gasteiger partial charge is 1.00 e. The van der Waals surface area contributed by atoms with Crippen molar-refractivity contribution in [1.82, 2.24) is 25.6 Å². The minimum atomic E-state index is -5.36. The Balaban J connectivity index is 0.00000312. The fourth-order valence-corrected chi connectivity index (χ4v) is 7.50. The van der Waals surface area contributed by atoms with Crippen molar-refractivity contribution in [2.45, 2.75) is 40.6 Å². The number of carbonyl (C=O) groups is 1. The van der Waals surface area contributed by atoms with Crippen molar-refractivity contribution in [3.05, 3.63) is 58.7 Å². The van der Waals surface area contributed by atoms with Crippen molar-refractivity contribution >= 4 is 68.6 Å². The first kappa shape index (κ1) is 46.5. The third-order valence-corrected chi connectivity index (χ3v) is 10.00. The second-order valence-corrected chi connectivity index (χ2v) is 14.7. The molecule has 0 fully saturated rings. The van der Waals surface area contributed by atoms with E-state index in [0.29, 0.717) is 50.8 Å². The third kappa shape index (κ3) is 11.0. The molecule has 0 bridgehead atoms. The molecule has 0 aliphatic rings. The predicted octanol–water partition coefficient (Wildman–Crippen LogP) is -7.72. The average Bonchev–Trinajstić information content (AvgIpc) is 3.48. The van der Waals surface area contributed by atoms with Gasteiger partial charge in [-0.3, -0.25) is 9.48 Å². The number of ether oxygens (including phenoxy) is 1. The Hall–Kier alpha value is -1.67. The van der Waals surface area contributed by atoms with Crippen LogP contribution in [0.3, 0.4) is 0 Å². The monoisotopic (exact) mass is 802 g/mol. The van der Waals surface area contributed by atoms with Crippen molar-refractivity contribution < 1.29 is 137 Å². The van der Waals surface area contributed by atoms with Gasteiger partial charge in [0, 0.05) is 69.6 Å². The van der Waals surface area contributed by atoms with Gasteiger partial charge in [0.05, 0.1) is 20.4 Å². The second kappa shape index (κ2) is 19.3. The Morgan fingerprint density at radius 3 is 1.92 bits per heavy atom. The van der Waals surface area contributed by atoms with Crippen LogP contribution in [-0.2, 0) is 48.2 Å². The molecule has 1 aromatic heterocycles. The number of nitrogens with zero attached hydrogens (tertiary/aromatic N) is 6. The van der Waals surface area contributed by atoms with Crippen LogP contribution in [0.2, 0.25) is 0 Å². The van der Waals surface area contributed by atoms with Crippen molar-refractivity contribution in [1.29, 1.82) is 0 Å². The molecule has 19 nitrogen and oxygen atoms in total.